The Labute approximate surface area is 191 Å². The van der Waals surface area contributed by atoms with Crippen LogP contribution < -0.4 is 4.74 Å². The molecule has 0 saturated carbocycles. The van der Waals surface area contributed by atoms with Crippen LogP contribution in [0.1, 0.15) is 21.5 Å². The molecule has 2 N–H and O–H groups in total. The zero-order valence-electron chi connectivity index (χ0n) is 17.6. The van der Waals surface area contributed by atoms with E-state index in [1.807, 2.05) is 30.3 Å². The number of alkyl halides is 3. The predicted octanol–water partition coefficient (Wildman–Crippen LogP) is 6.68. The zero-order chi connectivity index (χ0) is 23.9. The van der Waals surface area contributed by atoms with Gasteiger partial charge in [0, 0.05) is 17.0 Å². The van der Waals surface area contributed by atoms with Crippen molar-refractivity contribution < 1.29 is 27.8 Å². The van der Waals surface area contributed by atoms with Gasteiger partial charge in [0.15, 0.2) is 0 Å². The number of benzene rings is 3. The lowest BCUT2D eigenvalue weighted by Crippen LogP contribution is -2.05. The third kappa shape index (κ3) is 4.05. The zero-order valence-corrected chi connectivity index (χ0v) is 17.6. The maximum atomic E-state index is 13.2. The highest BCUT2D eigenvalue weighted by molar-refractivity contribution is 6.12. The van der Waals surface area contributed by atoms with Gasteiger partial charge in [-0.2, -0.15) is 13.2 Å². The maximum absolute atomic E-state index is 13.2. The lowest BCUT2D eigenvalue weighted by atomic mass is 10.0. The SMILES string of the molecule is O=C(O)c1cc(-c2cccc(C(F)(F)F)c2)nc2c1[nH]c1cc(OCc3ccccc3)ccc12. The van der Waals surface area contributed by atoms with Gasteiger partial charge in [0.1, 0.15) is 12.4 Å². The second-order valence-corrected chi connectivity index (χ2v) is 7.77. The number of carbonyl (C=O) groups is 1. The van der Waals surface area contributed by atoms with Gasteiger partial charge in [-0.15, -0.1) is 0 Å². The van der Waals surface area contributed by atoms with E-state index in [1.165, 1.54) is 18.2 Å². The van der Waals surface area contributed by atoms with Gasteiger partial charge in [-0.1, -0.05) is 42.5 Å². The van der Waals surface area contributed by atoms with Crippen LogP contribution in [0, 0.1) is 0 Å². The monoisotopic (exact) mass is 462 g/mol. The van der Waals surface area contributed by atoms with Crippen LogP contribution in [0.25, 0.3) is 33.2 Å². The van der Waals surface area contributed by atoms with Crippen molar-refractivity contribution in [2.24, 2.45) is 0 Å². The van der Waals surface area contributed by atoms with Crippen molar-refractivity contribution in [3.63, 3.8) is 0 Å². The van der Waals surface area contributed by atoms with Gasteiger partial charge in [-0.05, 0) is 35.9 Å². The van der Waals surface area contributed by atoms with Gasteiger partial charge in [-0.3, -0.25) is 0 Å². The van der Waals surface area contributed by atoms with Crippen molar-refractivity contribution in [2.45, 2.75) is 12.8 Å². The molecule has 5 nitrogen and oxygen atoms in total. The van der Waals surface area contributed by atoms with Crippen molar-refractivity contribution >= 4 is 27.9 Å². The molecule has 5 rings (SSSR count). The molecule has 0 unspecified atom stereocenters. The van der Waals surface area contributed by atoms with E-state index >= 15 is 0 Å². The molecule has 0 radical (unpaired) electrons. The van der Waals surface area contributed by atoms with Crippen LogP contribution in [0.3, 0.4) is 0 Å². The number of carboxylic acid groups (broad SMARTS) is 1. The summed E-state index contributed by atoms with van der Waals surface area (Å²) in [7, 11) is 0. The highest BCUT2D eigenvalue weighted by Crippen LogP contribution is 2.35. The second-order valence-electron chi connectivity index (χ2n) is 7.77. The molecule has 170 valence electrons. The number of aromatic amines is 1. The summed E-state index contributed by atoms with van der Waals surface area (Å²) < 4.78 is 45.4. The third-order valence-corrected chi connectivity index (χ3v) is 5.49. The lowest BCUT2D eigenvalue weighted by Gasteiger charge is -2.09. The topological polar surface area (TPSA) is 75.2 Å². The van der Waals surface area contributed by atoms with E-state index in [0.717, 1.165) is 17.7 Å². The van der Waals surface area contributed by atoms with Crippen LogP contribution in [0.15, 0.2) is 78.9 Å². The molecule has 0 bridgehead atoms. The normalized spacial score (nSPS) is 11.7. The molecular weight excluding hydrogens is 445 g/mol. The van der Waals surface area contributed by atoms with E-state index < -0.39 is 17.7 Å². The number of ether oxygens (including phenoxy) is 1. The van der Waals surface area contributed by atoms with Crippen LogP contribution in [0.5, 0.6) is 5.75 Å². The van der Waals surface area contributed by atoms with E-state index in [2.05, 4.69) is 9.97 Å². The fourth-order valence-corrected chi connectivity index (χ4v) is 3.84. The minimum Gasteiger partial charge on any atom is -0.489 e. The average molecular weight is 462 g/mol. The van der Waals surface area contributed by atoms with E-state index in [4.69, 9.17) is 4.74 Å². The number of carboxylic acids is 1. The van der Waals surface area contributed by atoms with E-state index in [9.17, 15) is 23.1 Å². The Balaban J connectivity index is 1.59. The fourth-order valence-electron chi connectivity index (χ4n) is 3.84. The summed E-state index contributed by atoms with van der Waals surface area (Å²) in [5, 5.41) is 10.4. The molecule has 34 heavy (non-hydrogen) atoms. The van der Waals surface area contributed by atoms with Crippen molar-refractivity contribution in [1.29, 1.82) is 0 Å². The molecular formula is C26H17F3N2O3. The molecule has 2 heterocycles. The van der Waals surface area contributed by atoms with Gasteiger partial charge in [0.05, 0.1) is 33.4 Å². The van der Waals surface area contributed by atoms with E-state index in [0.29, 0.717) is 34.3 Å². The van der Waals surface area contributed by atoms with Crippen LogP contribution in [0.4, 0.5) is 13.2 Å². The summed E-state index contributed by atoms with van der Waals surface area (Å²) in [6.07, 6.45) is -4.52. The number of halogens is 3. The summed E-state index contributed by atoms with van der Waals surface area (Å²) in [6, 6.07) is 20.8. The molecule has 0 aliphatic rings. The van der Waals surface area contributed by atoms with Crippen molar-refractivity contribution in [2.75, 3.05) is 0 Å². The summed E-state index contributed by atoms with van der Waals surface area (Å²) in [4.78, 5) is 19.6. The predicted molar refractivity (Wildman–Crippen MR) is 122 cm³/mol. The van der Waals surface area contributed by atoms with Gasteiger partial charge >= 0.3 is 12.1 Å². The first-order valence-electron chi connectivity index (χ1n) is 10.3. The number of fused-ring (bicyclic) bond motifs is 3. The summed E-state index contributed by atoms with van der Waals surface area (Å²) in [5.74, 6) is -0.634. The van der Waals surface area contributed by atoms with Gasteiger partial charge in [0.25, 0.3) is 0 Å². The Morgan fingerprint density at radius 2 is 1.76 bits per heavy atom. The molecule has 0 atom stereocenters. The van der Waals surface area contributed by atoms with Gasteiger partial charge < -0.3 is 14.8 Å². The molecule has 8 heteroatoms. The average Bonchev–Trinajstić information content (AvgIpc) is 3.20. The molecule has 0 aliphatic carbocycles. The van der Waals surface area contributed by atoms with Crippen LogP contribution >= 0.6 is 0 Å². The first-order valence-corrected chi connectivity index (χ1v) is 10.3. The number of nitrogens with zero attached hydrogens (tertiary/aromatic N) is 1. The minimum atomic E-state index is -4.52. The minimum absolute atomic E-state index is 0.0830. The summed E-state index contributed by atoms with van der Waals surface area (Å²) in [5.41, 5.74) is 1.66. The second kappa shape index (κ2) is 8.22. The Hall–Kier alpha value is -4.33. The Bertz CT molecular complexity index is 1530. The molecule has 2 aromatic heterocycles. The van der Waals surface area contributed by atoms with Gasteiger partial charge in [0.2, 0.25) is 0 Å². The number of rotatable bonds is 5. The van der Waals surface area contributed by atoms with Crippen molar-refractivity contribution in [3.05, 3.63) is 95.6 Å². The molecule has 0 saturated heterocycles. The number of hydrogen-bond acceptors (Lipinski definition) is 3. The van der Waals surface area contributed by atoms with Crippen LogP contribution in [-0.2, 0) is 12.8 Å². The number of H-pyrrole nitrogens is 1. The molecule has 0 fully saturated rings. The molecule has 0 aliphatic heterocycles. The number of nitrogens with one attached hydrogen (secondary N) is 1. The highest BCUT2D eigenvalue weighted by atomic mass is 19.4. The standard InChI is InChI=1S/C26H17F3N2O3/c27-26(28,29)17-8-4-7-16(11-17)21-13-20(25(32)33)24-23(30-21)19-10-9-18(12-22(19)31-24)34-14-15-5-2-1-3-6-15/h1-13,31H,14H2,(H,32,33). The Kier molecular flexibility index (Phi) is 5.20. The largest absolute Gasteiger partial charge is 0.489 e. The van der Waals surface area contributed by atoms with Crippen molar-refractivity contribution in [1.82, 2.24) is 9.97 Å². The number of aromatic nitrogens is 2. The molecule has 0 amide bonds. The molecule has 5 aromatic rings. The first-order chi connectivity index (χ1) is 16.3. The van der Waals surface area contributed by atoms with Crippen LogP contribution in [-0.4, -0.2) is 21.0 Å². The highest BCUT2D eigenvalue weighted by Gasteiger charge is 2.30. The number of aromatic carboxylic acids is 1. The first kappa shape index (κ1) is 21.5. The summed E-state index contributed by atoms with van der Waals surface area (Å²) >= 11 is 0. The van der Waals surface area contributed by atoms with E-state index in [-0.39, 0.29) is 16.8 Å². The van der Waals surface area contributed by atoms with Crippen molar-refractivity contribution in [3.8, 4) is 17.0 Å². The third-order valence-electron chi connectivity index (χ3n) is 5.49. The van der Waals surface area contributed by atoms with Gasteiger partial charge in [-0.25, -0.2) is 9.78 Å². The smallest absolute Gasteiger partial charge is 0.416 e. The summed E-state index contributed by atoms with van der Waals surface area (Å²) in [6.45, 7) is 0.366. The number of hydrogen-bond donors (Lipinski definition) is 2. The fraction of sp³-hybridized carbons (Fsp3) is 0.0769. The lowest BCUT2D eigenvalue weighted by molar-refractivity contribution is -0.137. The Morgan fingerprint density at radius 3 is 2.50 bits per heavy atom. The number of pyridine rings is 1. The quantitative estimate of drug-likeness (QED) is 0.306. The Morgan fingerprint density at radius 1 is 0.971 bits per heavy atom. The molecule has 0 spiro atoms. The van der Waals surface area contributed by atoms with E-state index in [1.54, 1.807) is 18.2 Å². The molecule has 3 aromatic carbocycles. The maximum Gasteiger partial charge on any atom is 0.416 e. The van der Waals surface area contributed by atoms with Crippen LogP contribution in [0.2, 0.25) is 0 Å².